The first-order valence-corrected chi connectivity index (χ1v) is 9.65. The van der Waals surface area contributed by atoms with E-state index in [0.29, 0.717) is 18.2 Å². The average molecular weight is 339 g/mol. The second-order valence-electron chi connectivity index (χ2n) is 8.06. The third-order valence-electron chi connectivity index (χ3n) is 7.43. The number of fused-ring (bicyclic) bond motifs is 1. The van der Waals surface area contributed by atoms with Crippen LogP contribution in [-0.4, -0.2) is 36.9 Å². The summed E-state index contributed by atoms with van der Waals surface area (Å²) in [5, 5.41) is 0. The van der Waals surface area contributed by atoms with Crippen LogP contribution in [0, 0.1) is 5.41 Å². The van der Waals surface area contributed by atoms with Crippen LogP contribution in [-0.2, 0) is 16.6 Å². The number of ether oxygens (including phenoxy) is 1. The maximum Gasteiger partial charge on any atom is 0.133 e. The average Bonchev–Trinajstić information content (AvgIpc) is 2.63. The van der Waals surface area contributed by atoms with Crippen molar-refractivity contribution in [3.63, 3.8) is 0 Å². The zero-order chi connectivity index (χ0) is 17.7. The first kappa shape index (κ1) is 16.8. The molecule has 0 aromatic heterocycles. The van der Waals surface area contributed by atoms with E-state index in [1.807, 2.05) is 6.08 Å². The van der Waals surface area contributed by atoms with Crippen molar-refractivity contribution in [3.8, 4) is 5.75 Å². The van der Waals surface area contributed by atoms with Gasteiger partial charge in [0.25, 0.3) is 0 Å². The summed E-state index contributed by atoms with van der Waals surface area (Å²) in [5.74, 6) is 1.42. The van der Waals surface area contributed by atoms with Gasteiger partial charge < -0.3 is 4.74 Å². The Balaban J connectivity index is 1.97. The summed E-state index contributed by atoms with van der Waals surface area (Å²) >= 11 is 0. The van der Waals surface area contributed by atoms with Crippen LogP contribution in [0.3, 0.4) is 0 Å². The molecular formula is C22H29NO2. The van der Waals surface area contributed by atoms with Crippen LogP contribution in [0.25, 0.3) is 0 Å². The van der Waals surface area contributed by atoms with E-state index in [-0.39, 0.29) is 10.8 Å². The minimum Gasteiger partial charge on any atom is -0.496 e. The van der Waals surface area contributed by atoms with Crippen molar-refractivity contribution in [1.29, 1.82) is 0 Å². The van der Waals surface area contributed by atoms with E-state index in [4.69, 9.17) is 4.74 Å². The highest BCUT2D eigenvalue weighted by molar-refractivity contribution is 5.82. The summed E-state index contributed by atoms with van der Waals surface area (Å²) in [7, 11) is 1.77. The number of piperidine rings is 1. The Kier molecular flexibility index (Phi) is 4.03. The minimum atomic E-state index is -0.0559. The van der Waals surface area contributed by atoms with Gasteiger partial charge in [0.1, 0.15) is 11.5 Å². The molecule has 3 heteroatoms. The van der Waals surface area contributed by atoms with Crippen molar-refractivity contribution < 1.29 is 9.53 Å². The van der Waals surface area contributed by atoms with Crippen molar-refractivity contribution >= 4 is 5.78 Å². The predicted octanol–water partition coefficient (Wildman–Crippen LogP) is 3.90. The van der Waals surface area contributed by atoms with Crippen LogP contribution in [0.5, 0.6) is 5.75 Å². The number of carbonyl (C=O) groups is 1. The molecule has 3 nitrogen and oxygen atoms in total. The molecule has 4 rings (SSSR count). The number of rotatable bonds is 4. The molecule has 1 heterocycles. The van der Waals surface area contributed by atoms with Gasteiger partial charge >= 0.3 is 0 Å². The zero-order valence-corrected chi connectivity index (χ0v) is 15.5. The third kappa shape index (κ3) is 2.11. The van der Waals surface area contributed by atoms with Crippen LogP contribution in [0.2, 0.25) is 0 Å². The van der Waals surface area contributed by atoms with Crippen molar-refractivity contribution in [1.82, 2.24) is 4.90 Å². The van der Waals surface area contributed by atoms with Gasteiger partial charge in [-0.1, -0.05) is 25.1 Å². The van der Waals surface area contributed by atoms with E-state index in [9.17, 15) is 4.79 Å². The topological polar surface area (TPSA) is 29.5 Å². The highest BCUT2D eigenvalue weighted by Gasteiger charge is 2.64. The predicted molar refractivity (Wildman–Crippen MR) is 100 cm³/mol. The molecule has 1 saturated heterocycles. The van der Waals surface area contributed by atoms with Crippen LogP contribution < -0.4 is 4.74 Å². The zero-order valence-electron chi connectivity index (χ0n) is 15.5. The Bertz CT molecular complexity index is 712. The molecule has 0 spiro atoms. The Morgan fingerprint density at radius 2 is 2.24 bits per heavy atom. The number of Topliss-reactive ketones (excluding diaryl/α,β-unsaturated/α-hetero) is 1. The Morgan fingerprint density at radius 3 is 2.96 bits per heavy atom. The fourth-order valence-corrected chi connectivity index (χ4v) is 6.46. The molecule has 2 aliphatic carbocycles. The summed E-state index contributed by atoms with van der Waals surface area (Å²) in [6.45, 7) is 8.29. The molecule has 3 aliphatic rings. The normalized spacial score (nSPS) is 34.2. The summed E-state index contributed by atoms with van der Waals surface area (Å²) in [6, 6.07) is 6.94. The standard InChI is InChI=1S/C22H29NO2/c1-4-12-23-13-11-22-15-17(24)9-10-21(22,5-2)19(23)14-16-7-6-8-18(25-3)20(16)22/h4,6-8,19H,1,5,9-15H2,2-3H3/t19-,21+,22-/m1/s1. The van der Waals surface area contributed by atoms with Gasteiger partial charge in [0, 0.05) is 36.4 Å². The first-order valence-electron chi connectivity index (χ1n) is 9.65. The number of hydrogen-bond acceptors (Lipinski definition) is 3. The molecule has 0 N–H and O–H groups in total. The lowest BCUT2D eigenvalue weighted by molar-refractivity contribution is -0.139. The molecule has 0 radical (unpaired) electrons. The van der Waals surface area contributed by atoms with E-state index in [1.165, 1.54) is 11.1 Å². The van der Waals surface area contributed by atoms with Crippen LogP contribution in [0.4, 0.5) is 0 Å². The van der Waals surface area contributed by atoms with E-state index in [2.05, 4.69) is 36.6 Å². The van der Waals surface area contributed by atoms with E-state index >= 15 is 0 Å². The summed E-state index contributed by atoms with van der Waals surface area (Å²) in [4.78, 5) is 15.2. The van der Waals surface area contributed by atoms with Gasteiger partial charge in [-0.25, -0.2) is 0 Å². The van der Waals surface area contributed by atoms with Gasteiger partial charge in [-0.3, -0.25) is 9.69 Å². The Morgan fingerprint density at radius 1 is 1.40 bits per heavy atom. The van der Waals surface area contributed by atoms with Crippen molar-refractivity contribution in [2.75, 3.05) is 20.2 Å². The van der Waals surface area contributed by atoms with Gasteiger partial charge in [0.15, 0.2) is 0 Å². The van der Waals surface area contributed by atoms with E-state index in [1.54, 1.807) is 7.11 Å². The Labute approximate surface area is 151 Å². The molecule has 25 heavy (non-hydrogen) atoms. The number of methoxy groups -OCH3 is 1. The van der Waals surface area contributed by atoms with Gasteiger partial charge in [-0.05, 0) is 49.3 Å². The van der Waals surface area contributed by atoms with E-state index in [0.717, 1.165) is 50.9 Å². The number of benzene rings is 1. The van der Waals surface area contributed by atoms with Crippen LogP contribution >= 0.6 is 0 Å². The molecule has 0 amide bonds. The van der Waals surface area contributed by atoms with Gasteiger partial charge in [0.2, 0.25) is 0 Å². The molecule has 3 atom stereocenters. The fraction of sp³-hybridized carbons (Fsp3) is 0.591. The lowest BCUT2D eigenvalue weighted by atomic mass is 9.43. The monoisotopic (exact) mass is 339 g/mol. The highest BCUT2D eigenvalue weighted by Crippen LogP contribution is 2.65. The molecule has 1 aromatic carbocycles. The van der Waals surface area contributed by atoms with Gasteiger partial charge in [-0.2, -0.15) is 0 Å². The number of hydrogen-bond donors (Lipinski definition) is 0. The maximum absolute atomic E-state index is 12.6. The second kappa shape index (κ2) is 5.98. The molecule has 2 bridgehead atoms. The van der Waals surface area contributed by atoms with Crippen LogP contribution in [0.15, 0.2) is 30.9 Å². The molecule has 1 aliphatic heterocycles. The Hall–Kier alpha value is -1.61. The largest absolute Gasteiger partial charge is 0.496 e. The smallest absolute Gasteiger partial charge is 0.133 e. The van der Waals surface area contributed by atoms with Gasteiger partial charge in [0.05, 0.1) is 7.11 Å². The number of nitrogens with zero attached hydrogens (tertiary/aromatic N) is 1. The fourth-order valence-electron chi connectivity index (χ4n) is 6.46. The lowest BCUT2D eigenvalue weighted by Gasteiger charge is -2.66. The molecule has 1 aromatic rings. The van der Waals surface area contributed by atoms with Gasteiger partial charge in [-0.15, -0.1) is 6.58 Å². The first-order chi connectivity index (χ1) is 12.1. The maximum atomic E-state index is 12.6. The molecule has 0 unspecified atom stereocenters. The molecule has 1 saturated carbocycles. The SMILES string of the molecule is C=CCN1CC[C@]23CC(=O)CC[C@@]2(CC)[C@H]1Cc1cccc(OC)c13. The molecular weight excluding hydrogens is 310 g/mol. The summed E-state index contributed by atoms with van der Waals surface area (Å²) in [6.07, 6.45) is 7.69. The summed E-state index contributed by atoms with van der Waals surface area (Å²) in [5.41, 5.74) is 2.85. The second-order valence-corrected chi connectivity index (χ2v) is 8.06. The van der Waals surface area contributed by atoms with E-state index < -0.39 is 0 Å². The van der Waals surface area contributed by atoms with Crippen molar-refractivity contribution in [2.45, 2.75) is 56.9 Å². The lowest BCUT2D eigenvalue weighted by Crippen LogP contribution is -2.68. The minimum absolute atomic E-state index is 0.0559. The quantitative estimate of drug-likeness (QED) is 0.779. The highest BCUT2D eigenvalue weighted by atomic mass is 16.5. The van der Waals surface area contributed by atoms with Crippen LogP contribution in [0.1, 0.15) is 50.2 Å². The number of ketones is 1. The molecule has 134 valence electrons. The number of carbonyl (C=O) groups excluding carboxylic acids is 1. The summed E-state index contributed by atoms with van der Waals surface area (Å²) < 4.78 is 5.81. The van der Waals surface area contributed by atoms with Crippen molar-refractivity contribution in [3.05, 3.63) is 42.0 Å². The molecule has 2 fully saturated rings. The number of likely N-dealkylation sites (tertiary alicyclic amines) is 1. The van der Waals surface area contributed by atoms with Crippen molar-refractivity contribution in [2.24, 2.45) is 5.41 Å². The third-order valence-corrected chi connectivity index (χ3v) is 7.43.